The number of imidazole rings is 1. The Kier molecular flexibility index (Phi) is 4.28. The number of anilines is 1. The zero-order valence-electron chi connectivity index (χ0n) is 11.5. The standard InChI is InChI=1S/C14H14ClN3O3/c1-7(15)13(20)17-10-5-3-9(4-6-10)12(19)11-8(2)16-14(21)18-11/h3-7H,1-2H3,(H,17,20)(H2,16,18,21). The summed E-state index contributed by atoms with van der Waals surface area (Å²) in [5, 5.41) is 1.98. The molecule has 0 radical (unpaired) electrons. The lowest BCUT2D eigenvalue weighted by Gasteiger charge is -2.07. The number of carbonyl (C=O) groups excluding carboxylic acids is 2. The van der Waals surface area contributed by atoms with E-state index in [9.17, 15) is 14.4 Å². The number of ketones is 1. The van der Waals surface area contributed by atoms with Crippen LogP contribution in [-0.2, 0) is 4.79 Å². The van der Waals surface area contributed by atoms with Crippen LogP contribution in [0, 0.1) is 6.92 Å². The van der Waals surface area contributed by atoms with Gasteiger partial charge in [-0.2, -0.15) is 0 Å². The Labute approximate surface area is 125 Å². The number of rotatable bonds is 4. The Bertz CT molecular complexity index is 729. The first-order valence-corrected chi connectivity index (χ1v) is 6.70. The van der Waals surface area contributed by atoms with Gasteiger partial charge in [0, 0.05) is 16.9 Å². The van der Waals surface area contributed by atoms with Gasteiger partial charge in [0.1, 0.15) is 11.1 Å². The molecule has 1 amide bonds. The average molecular weight is 308 g/mol. The number of halogens is 1. The largest absolute Gasteiger partial charge is 0.325 e. The van der Waals surface area contributed by atoms with Crippen LogP contribution < -0.4 is 11.0 Å². The molecule has 0 saturated heterocycles. The van der Waals surface area contributed by atoms with Crippen molar-refractivity contribution in [3.8, 4) is 0 Å². The number of benzene rings is 1. The number of amides is 1. The van der Waals surface area contributed by atoms with E-state index < -0.39 is 11.1 Å². The quantitative estimate of drug-likeness (QED) is 0.594. The van der Waals surface area contributed by atoms with Crippen molar-refractivity contribution in [2.45, 2.75) is 19.2 Å². The van der Waals surface area contributed by atoms with E-state index >= 15 is 0 Å². The summed E-state index contributed by atoms with van der Waals surface area (Å²) in [6.07, 6.45) is 0. The van der Waals surface area contributed by atoms with Gasteiger partial charge >= 0.3 is 5.69 Å². The van der Waals surface area contributed by atoms with Gasteiger partial charge < -0.3 is 15.3 Å². The van der Waals surface area contributed by atoms with Crippen LogP contribution in [-0.4, -0.2) is 27.0 Å². The normalized spacial score (nSPS) is 12.0. The molecule has 1 atom stereocenters. The SMILES string of the molecule is Cc1[nH]c(=O)[nH]c1C(=O)c1ccc(NC(=O)C(C)Cl)cc1. The third kappa shape index (κ3) is 3.41. The van der Waals surface area contributed by atoms with Crippen molar-refractivity contribution in [1.29, 1.82) is 0 Å². The zero-order chi connectivity index (χ0) is 15.6. The summed E-state index contributed by atoms with van der Waals surface area (Å²) in [6, 6.07) is 6.35. The van der Waals surface area contributed by atoms with Crippen molar-refractivity contribution in [3.05, 3.63) is 51.7 Å². The molecule has 0 fully saturated rings. The molecule has 0 saturated carbocycles. The van der Waals surface area contributed by atoms with Crippen molar-refractivity contribution in [2.24, 2.45) is 0 Å². The maximum absolute atomic E-state index is 12.2. The molecule has 1 aromatic carbocycles. The first-order valence-electron chi connectivity index (χ1n) is 6.27. The molecule has 1 aromatic heterocycles. The molecule has 7 heteroatoms. The Morgan fingerprint density at radius 1 is 1.19 bits per heavy atom. The first-order chi connectivity index (χ1) is 9.88. The molecule has 0 aliphatic heterocycles. The van der Waals surface area contributed by atoms with Crippen LogP contribution >= 0.6 is 11.6 Å². The number of carbonyl (C=O) groups is 2. The summed E-state index contributed by atoms with van der Waals surface area (Å²) >= 11 is 5.66. The molecule has 2 aromatic rings. The van der Waals surface area contributed by atoms with Crippen LogP contribution in [0.2, 0.25) is 0 Å². The Balaban J connectivity index is 2.19. The number of hydrogen-bond donors (Lipinski definition) is 3. The molecule has 1 unspecified atom stereocenters. The molecule has 0 aliphatic carbocycles. The van der Waals surface area contributed by atoms with Crippen molar-refractivity contribution in [3.63, 3.8) is 0 Å². The highest BCUT2D eigenvalue weighted by molar-refractivity contribution is 6.32. The van der Waals surface area contributed by atoms with Crippen LogP contribution in [0.4, 0.5) is 5.69 Å². The summed E-state index contributed by atoms with van der Waals surface area (Å²) < 4.78 is 0. The summed E-state index contributed by atoms with van der Waals surface area (Å²) in [5.41, 5.74) is 1.24. The number of H-pyrrole nitrogens is 2. The van der Waals surface area contributed by atoms with Gasteiger partial charge in [0.15, 0.2) is 0 Å². The molecule has 21 heavy (non-hydrogen) atoms. The van der Waals surface area contributed by atoms with E-state index in [1.165, 1.54) is 0 Å². The molecule has 0 bridgehead atoms. The molecule has 0 aliphatic rings. The van der Waals surface area contributed by atoms with Crippen LogP contribution in [0.5, 0.6) is 0 Å². The van der Waals surface area contributed by atoms with E-state index in [0.29, 0.717) is 16.9 Å². The second kappa shape index (κ2) is 5.97. The van der Waals surface area contributed by atoms with Gasteiger partial charge in [-0.3, -0.25) is 9.59 Å². The lowest BCUT2D eigenvalue weighted by molar-refractivity contribution is -0.115. The fourth-order valence-electron chi connectivity index (χ4n) is 1.79. The third-order valence-electron chi connectivity index (χ3n) is 2.92. The zero-order valence-corrected chi connectivity index (χ0v) is 12.2. The van der Waals surface area contributed by atoms with E-state index in [1.807, 2.05) is 0 Å². The summed E-state index contributed by atoms with van der Waals surface area (Å²) in [5.74, 6) is -0.615. The average Bonchev–Trinajstić information content (AvgIpc) is 2.77. The molecule has 0 spiro atoms. The maximum atomic E-state index is 12.2. The van der Waals surface area contributed by atoms with Crippen LogP contribution in [0.1, 0.15) is 28.7 Å². The fraction of sp³-hybridized carbons (Fsp3) is 0.214. The number of alkyl halides is 1. The third-order valence-corrected chi connectivity index (χ3v) is 3.12. The summed E-state index contributed by atoms with van der Waals surface area (Å²) in [4.78, 5) is 39.8. The van der Waals surface area contributed by atoms with Gasteiger partial charge in [0.2, 0.25) is 11.7 Å². The van der Waals surface area contributed by atoms with E-state index in [1.54, 1.807) is 38.1 Å². The van der Waals surface area contributed by atoms with E-state index in [-0.39, 0.29) is 17.4 Å². The van der Waals surface area contributed by atoms with Gasteiger partial charge in [-0.1, -0.05) is 0 Å². The van der Waals surface area contributed by atoms with E-state index in [2.05, 4.69) is 15.3 Å². The molecular formula is C14H14ClN3O3. The number of aromatic nitrogens is 2. The van der Waals surface area contributed by atoms with Crippen LogP contribution in [0.25, 0.3) is 0 Å². The van der Waals surface area contributed by atoms with Gasteiger partial charge in [-0.15, -0.1) is 11.6 Å². The lowest BCUT2D eigenvalue weighted by Crippen LogP contribution is -2.20. The second-order valence-electron chi connectivity index (χ2n) is 4.59. The van der Waals surface area contributed by atoms with Gasteiger partial charge in [-0.25, -0.2) is 4.79 Å². The van der Waals surface area contributed by atoms with Crippen molar-refractivity contribution >= 4 is 29.0 Å². The van der Waals surface area contributed by atoms with E-state index in [0.717, 1.165) is 0 Å². The monoisotopic (exact) mass is 307 g/mol. The van der Waals surface area contributed by atoms with Crippen LogP contribution in [0.3, 0.4) is 0 Å². The topological polar surface area (TPSA) is 94.8 Å². The highest BCUT2D eigenvalue weighted by atomic mass is 35.5. The Morgan fingerprint density at radius 2 is 1.81 bits per heavy atom. The minimum absolute atomic E-state index is 0.228. The summed E-state index contributed by atoms with van der Waals surface area (Å²) in [6.45, 7) is 3.21. The number of aromatic amines is 2. The van der Waals surface area contributed by atoms with Gasteiger partial charge in [0.05, 0.1) is 0 Å². The predicted molar refractivity (Wildman–Crippen MR) is 80.0 cm³/mol. The van der Waals surface area contributed by atoms with Gasteiger partial charge in [-0.05, 0) is 38.1 Å². The smallest absolute Gasteiger partial charge is 0.323 e. The molecule has 110 valence electrons. The van der Waals surface area contributed by atoms with Crippen molar-refractivity contribution in [1.82, 2.24) is 9.97 Å². The second-order valence-corrected chi connectivity index (χ2v) is 5.25. The number of hydrogen-bond acceptors (Lipinski definition) is 3. The van der Waals surface area contributed by atoms with Crippen molar-refractivity contribution in [2.75, 3.05) is 5.32 Å². The maximum Gasteiger partial charge on any atom is 0.323 e. The predicted octanol–water partition coefficient (Wildman–Crippen LogP) is 1.81. The Hall–Kier alpha value is -2.34. The van der Waals surface area contributed by atoms with Gasteiger partial charge in [0.25, 0.3) is 0 Å². The number of aryl methyl sites for hydroxylation is 1. The Morgan fingerprint density at radius 3 is 2.29 bits per heavy atom. The minimum atomic E-state index is -0.640. The minimum Gasteiger partial charge on any atom is -0.325 e. The first kappa shape index (κ1) is 15.1. The van der Waals surface area contributed by atoms with Crippen molar-refractivity contribution < 1.29 is 9.59 Å². The molecule has 3 N–H and O–H groups in total. The fourth-order valence-corrected chi connectivity index (χ4v) is 1.84. The van der Waals surface area contributed by atoms with E-state index in [4.69, 9.17) is 11.6 Å². The lowest BCUT2D eigenvalue weighted by atomic mass is 10.1. The molecule has 1 heterocycles. The van der Waals surface area contributed by atoms with Crippen LogP contribution in [0.15, 0.2) is 29.1 Å². The summed E-state index contributed by atoms with van der Waals surface area (Å²) in [7, 11) is 0. The highest BCUT2D eigenvalue weighted by Gasteiger charge is 2.15. The molecule has 2 rings (SSSR count). The molecular weight excluding hydrogens is 294 g/mol. The number of nitrogens with one attached hydrogen (secondary N) is 3. The molecule has 6 nitrogen and oxygen atoms in total. The highest BCUT2D eigenvalue weighted by Crippen LogP contribution is 2.14.